The fourth-order valence-corrected chi connectivity index (χ4v) is 4.14. The van der Waals surface area contributed by atoms with Gasteiger partial charge in [0, 0.05) is 31.6 Å². The predicted molar refractivity (Wildman–Crippen MR) is 121 cm³/mol. The Morgan fingerprint density at radius 3 is 2.83 bits per heavy atom. The summed E-state index contributed by atoms with van der Waals surface area (Å²) in [4.78, 5) is 13.8. The van der Waals surface area contributed by atoms with Crippen LogP contribution in [0.4, 0.5) is 5.82 Å². The molecule has 1 aliphatic carbocycles. The number of alkyl halides is 1. The van der Waals surface area contributed by atoms with Gasteiger partial charge in [0.15, 0.2) is 0 Å². The number of allylic oxidation sites excluding steroid dienone is 1. The van der Waals surface area contributed by atoms with Gasteiger partial charge in [-0.3, -0.25) is 9.98 Å². The average molecular weight is 420 g/mol. The molecule has 1 saturated carbocycles. The Kier molecular flexibility index (Phi) is 9.22. The van der Waals surface area contributed by atoms with Crippen molar-refractivity contribution in [1.29, 1.82) is 0 Å². The Bertz CT molecular complexity index is 682. The van der Waals surface area contributed by atoms with Gasteiger partial charge in [-0.05, 0) is 50.2 Å². The second-order valence-electron chi connectivity index (χ2n) is 7.90. The highest BCUT2D eigenvalue weighted by Gasteiger charge is 2.16. The van der Waals surface area contributed by atoms with Gasteiger partial charge in [-0.2, -0.15) is 0 Å². The van der Waals surface area contributed by atoms with E-state index in [1.54, 1.807) is 12.4 Å². The first-order valence-corrected chi connectivity index (χ1v) is 11.5. The Morgan fingerprint density at radius 2 is 2.10 bits per heavy atom. The number of nitrogens with one attached hydrogen (secondary N) is 2. The molecule has 1 atom stereocenters. The fourth-order valence-electron chi connectivity index (χ4n) is 3.93. The summed E-state index contributed by atoms with van der Waals surface area (Å²) in [5.74, 6) is 2.57. The van der Waals surface area contributed by atoms with Crippen LogP contribution in [0.3, 0.4) is 0 Å². The van der Waals surface area contributed by atoms with Crippen LogP contribution in [0.15, 0.2) is 23.5 Å². The van der Waals surface area contributed by atoms with Gasteiger partial charge in [0.25, 0.3) is 0 Å². The number of aliphatic imine (C=N–C) groups is 1. The van der Waals surface area contributed by atoms with Crippen molar-refractivity contribution in [3.05, 3.63) is 24.2 Å². The van der Waals surface area contributed by atoms with Gasteiger partial charge in [0.1, 0.15) is 11.7 Å². The van der Waals surface area contributed by atoms with Crippen molar-refractivity contribution in [2.45, 2.75) is 57.9 Å². The van der Waals surface area contributed by atoms with Crippen molar-refractivity contribution in [2.75, 3.05) is 37.5 Å². The van der Waals surface area contributed by atoms with Crippen LogP contribution >= 0.6 is 11.6 Å². The molecule has 0 aromatic carbocycles. The maximum atomic E-state index is 6.28. The highest BCUT2D eigenvalue weighted by Crippen LogP contribution is 2.19. The lowest BCUT2D eigenvalue weighted by molar-refractivity contribution is 0.0595. The fraction of sp³-hybridized carbons (Fsp3) is 0.682. The zero-order valence-corrected chi connectivity index (χ0v) is 18.3. The molecule has 1 aromatic rings. The molecule has 1 aliphatic heterocycles. The van der Waals surface area contributed by atoms with Crippen LogP contribution in [0.25, 0.3) is 5.57 Å². The average Bonchev–Trinajstić information content (AvgIpc) is 2.78. The quantitative estimate of drug-likeness (QED) is 0.374. The van der Waals surface area contributed by atoms with E-state index in [0.29, 0.717) is 17.8 Å². The van der Waals surface area contributed by atoms with Crippen LogP contribution in [-0.2, 0) is 4.74 Å². The summed E-state index contributed by atoms with van der Waals surface area (Å²) in [6, 6.07) is 0.499. The van der Waals surface area contributed by atoms with Crippen LogP contribution in [0, 0.1) is 5.92 Å². The van der Waals surface area contributed by atoms with Crippen molar-refractivity contribution < 1.29 is 4.74 Å². The Hall–Kier alpha value is -1.66. The van der Waals surface area contributed by atoms with E-state index in [-0.39, 0.29) is 0 Å². The number of rotatable bonds is 8. The molecule has 2 aliphatic rings. The van der Waals surface area contributed by atoms with Crippen molar-refractivity contribution in [2.24, 2.45) is 10.9 Å². The molecule has 3 rings (SSSR count). The number of anilines is 1. The van der Waals surface area contributed by atoms with Gasteiger partial charge < -0.3 is 15.4 Å². The van der Waals surface area contributed by atoms with Crippen molar-refractivity contribution >= 4 is 28.8 Å². The molecule has 1 aromatic heterocycles. The number of amidine groups is 1. The van der Waals surface area contributed by atoms with E-state index in [1.165, 1.54) is 38.5 Å². The molecule has 2 fully saturated rings. The molecular formula is C22H34ClN5O. The molecule has 2 N–H and O–H groups in total. The molecule has 160 valence electrons. The zero-order chi connectivity index (χ0) is 20.3. The number of hydrogen-bond donors (Lipinski definition) is 2. The molecular weight excluding hydrogens is 386 g/mol. The molecule has 7 heteroatoms. The highest BCUT2D eigenvalue weighted by atomic mass is 35.5. The number of halogens is 1. The summed E-state index contributed by atoms with van der Waals surface area (Å²) in [6.45, 7) is 5.33. The van der Waals surface area contributed by atoms with Gasteiger partial charge in [-0.1, -0.05) is 19.3 Å². The van der Waals surface area contributed by atoms with Crippen molar-refractivity contribution in [1.82, 2.24) is 15.3 Å². The normalized spacial score (nSPS) is 21.8. The molecule has 0 amide bonds. The van der Waals surface area contributed by atoms with Crippen LogP contribution in [0.5, 0.6) is 0 Å². The molecule has 0 spiro atoms. The first kappa shape index (κ1) is 22.0. The van der Waals surface area contributed by atoms with Gasteiger partial charge in [-0.15, -0.1) is 11.6 Å². The second kappa shape index (κ2) is 12.1. The summed E-state index contributed by atoms with van der Waals surface area (Å²) in [7, 11) is 0. The lowest BCUT2D eigenvalue weighted by atomic mass is 9.95. The SMILES string of the molecule is CCN=C(/C=C(\CCl)c1cncc(NCC2CCCOC2)n1)NC1CCCCC1. The molecule has 0 bridgehead atoms. The smallest absolute Gasteiger partial charge is 0.145 e. The van der Waals surface area contributed by atoms with Crippen molar-refractivity contribution in [3.63, 3.8) is 0 Å². The minimum Gasteiger partial charge on any atom is -0.381 e. The van der Waals surface area contributed by atoms with Gasteiger partial charge >= 0.3 is 0 Å². The molecule has 29 heavy (non-hydrogen) atoms. The van der Waals surface area contributed by atoms with Gasteiger partial charge in [0.05, 0.1) is 24.7 Å². The van der Waals surface area contributed by atoms with E-state index >= 15 is 0 Å². The monoisotopic (exact) mass is 419 g/mol. The van der Waals surface area contributed by atoms with Crippen LogP contribution in [-0.4, -0.2) is 54.0 Å². The molecule has 2 heterocycles. The van der Waals surface area contributed by atoms with E-state index in [9.17, 15) is 0 Å². The summed E-state index contributed by atoms with van der Waals surface area (Å²) >= 11 is 6.28. The maximum absolute atomic E-state index is 6.28. The first-order chi connectivity index (χ1) is 14.3. The minimum absolute atomic E-state index is 0.365. The van der Waals surface area contributed by atoms with Crippen LogP contribution in [0.1, 0.15) is 57.6 Å². The summed E-state index contributed by atoms with van der Waals surface area (Å²) in [5.41, 5.74) is 1.72. The van der Waals surface area contributed by atoms with Crippen LogP contribution in [0.2, 0.25) is 0 Å². The molecule has 1 unspecified atom stereocenters. The molecule has 6 nitrogen and oxygen atoms in total. The van der Waals surface area contributed by atoms with Crippen molar-refractivity contribution in [3.8, 4) is 0 Å². The van der Waals surface area contributed by atoms with E-state index in [1.807, 2.05) is 6.08 Å². The molecule has 1 saturated heterocycles. The Labute approximate surface area is 179 Å². The van der Waals surface area contributed by atoms with Crippen LogP contribution < -0.4 is 10.6 Å². The van der Waals surface area contributed by atoms with E-state index in [4.69, 9.17) is 21.3 Å². The Balaban J connectivity index is 1.67. The predicted octanol–water partition coefficient (Wildman–Crippen LogP) is 4.28. The minimum atomic E-state index is 0.365. The van der Waals surface area contributed by atoms with Gasteiger partial charge in [-0.25, -0.2) is 4.98 Å². The first-order valence-electron chi connectivity index (χ1n) is 11.0. The Morgan fingerprint density at radius 1 is 1.24 bits per heavy atom. The van der Waals surface area contributed by atoms with E-state index in [0.717, 1.165) is 55.6 Å². The summed E-state index contributed by atoms with van der Waals surface area (Å²) < 4.78 is 5.56. The second-order valence-corrected chi connectivity index (χ2v) is 8.16. The van der Waals surface area contributed by atoms with Gasteiger partial charge in [0.2, 0.25) is 0 Å². The summed E-state index contributed by atoms with van der Waals surface area (Å²) in [6.07, 6.45) is 14.2. The topological polar surface area (TPSA) is 71.4 Å². The van der Waals surface area contributed by atoms with E-state index < -0.39 is 0 Å². The van der Waals surface area contributed by atoms with E-state index in [2.05, 4.69) is 27.5 Å². The highest BCUT2D eigenvalue weighted by molar-refractivity contribution is 6.24. The number of ether oxygens (including phenoxy) is 1. The lowest BCUT2D eigenvalue weighted by Crippen LogP contribution is -2.35. The maximum Gasteiger partial charge on any atom is 0.145 e. The lowest BCUT2D eigenvalue weighted by Gasteiger charge is -2.24. The third-order valence-electron chi connectivity index (χ3n) is 5.53. The summed E-state index contributed by atoms with van der Waals surface area (Å²) in [5, 5.41) is 7.02. The molecule has 0 radical (unpaired) electrons. The number of nitrogens with zero attached hydrogens (tertiary/aromatic N) is 3. The zero-order valence-electron chi connectivity index (χ0n) is 17.5. The number of hydrogen-bond acceptors (Lipinski definition) is 5. The standard InChI is InChI=1S/C22H34ClN5O/c1-2-25-21(27-19-8-4-3-5-9-19)11-18(12-23)20-14-24-15-22(28-20)26-13-17-7-6-10-29-16-17/h11,14-15,17,19H,2-10,12-13,16H2,1H3,(H,25,27)(H,26,28)/b18-11+. The third-order valence-corrected chi connectivity index (χ3v) is 5.82. The third kappa shape index (κ3) is 7.27. The largest absolute Gasteiger partial charge is 0.381 e. The number of aromatic nitrogens is 2.